The van der Waals surface area contributed by atoms with Gasteiger partial charge in [0, 0.05) is 19.6 Å². The average molecular weight is 401 g/mol. The lowest BCUT2D eigenvalue weighted by Crippen LogP contribution is -2.33. The molecule has 8 nitrogen and oxygen atoms in total. The number of hydrogen-bond donors (Lipinski definition) is 2. The molecule has 1 aromatic carbocycles. The van der Waals surface area contributed by atoms with Gasteiger partial charge < -0.3 is 25.0 Å². The van der Waals surface area contributed by atoms with Crippen LogP contribution in [0, 0.1) is 0 Å². The van der Waals surface area contributed by atoms with Crippen LogP contribution in [0.15, 0.2) is 35.5 Å². The number of likely N-dealkylation sites (tertiary alicyclic amines) is 1. The molecule has 0 saturated carbocycles. The minimum atomic E-state index is -0.613. The first-order valence-corrected chi connectivity index (χ1v) is 9.93. The van der Waals surface area contributed by atoms with E-state index in [2.05, 4.69) is 5.32 Å². The van der Waals surface area contributed by atoms with Crippen molar-refractivity contribution in [3.63, 3.8) is 0 Å². The summed E-state index contributed by atoms with van der Waals surface area (Å²) in [6.45, 7) is 1.38. The molecule has 1 aromatic rings. The number of β-amino-alcohol motifs (C(OH)–C–C–N with tert-alkyl or cyclic N) is 1. The van der Waals surface area contributed by atoms with Gasteiger partial charge in [0.15, 0.2) is 0 Å². The predicted octanol–water partition coefficient (Wildman–Crippen LogP) is 1.38. The summed E-state index contributed by atoms with van der Waals surface area (Å²) in [6.07, 6.45) is 4.20. The normalized spacial score (nSPS) is 17.4. The Morgan fingerprint density at radius 3 is 2.48 bits per heavy atom. The first-order valence-electron chi connectivity index (χ1n) is 9.93. The highest BCUT2D eigenvalue weighted by Gasteiger charge is 2.35. The molecule has 29 heavy (non-hydrogen) atoms. The highest BCUT2D eigenvalue weighted by molar-refractivity contribution is 6.09. The van der Waals surface area contributed by atoms with Gasteiger partial charge in [0.25, 0.3) is 11.8 Å². The highest BCUT2D eigenvalue weighted by Crippen LogP contribution is 2.26. The molecule has 3 rings (SSSR count). The molecule has 2 aliphatic rings. The summed E-state index contributed by atoms with van der Waals surface area (Å²) in [4.78, 5) is 41.3. The van der Waals surface area contributed by atoms with Crippen molar-refractivity contribution >= 4 is 23.5 Å². The van der Waals surface area contributed by atoms with Gasteiger partial charge in [0.1, 0.15) is 5.70 Å². The second-order valence-corrected chi connectivity index (χ2v) is 7.17. The number of methoxy groups -OCH3 is 1. The Balaban J connectivity index is 1.89. The number of amides is 2. The molecule has 8 heteroatoms. The van der Waals surface area contributed by atoms with E-state index < -0.39 is 11.9 Å². The van der Waals surface area contributed by atoms with E-state index in [9.17, 15) is 19.5 Å². The Labute approximate surface area is 170 Å². The molecule has 0 radical (unpaired) electrons. The fourth-order valence-electron chi connectivity index (χ4n) is 3.71. The molecule has 0 bridgehead atoms. The molecule has 2 N–H and O–H groups in total. The Hall–Kier alpha value is -2.87. The smallest absolute Gasteiger partial charge is 0.337 e. The molecule has 156 valence electrons. The molecule has 0 atom stereocenters. The third-order valence-corrected chi connectivity index (χ3v) is 5.26. The van der Waals surface area contributed by atoms with Crippen LogP contribution < -0.4 is 5.32 Å². The largest absolute Gasteiger partial charge is 0.466 e. The molecule has 2 amide bonds. The lowest BCUT2D eigenvalue weighted by atomic mass is 10.1. The molecular formula is C21H27N3O5. The van der Waals surface area contributed by atoms with E-state index in [1.807, 2.05) is 4.90 Å². The number of anilines is 1. The van der Waals surface area contributed by atoms with Crippen LogP contribution in [-0.4, -0.2) is 72.6 Å². The number of carbonyl (C=O) groups excluding carboxylic acids is 3. The number of benzene rings is 1. The van der Waals surface area contributed by atoms with Gasteiger partial charge in [-0.1, -0.05) is 25.0 Å². The van der Waals surface area contributed by atoms with Gasteiger partial charge in [-0.05, 0) is 25.0 Å². The van der Waals surface area contributed by atoms with Gasteiger partial charge in [-0.3, -0.25) is 9.59 Å². The van der Waals surface area contributed by atoms with Crippen molar-refractivity contribution in [1.29, 1.82) is 0 Å². The van der Waals surface area contributed by atoms with Crippen molar-refractivity contribution in [2.24, 2.45) is 0 Å². The third-order valence-electron chi connectivity index (χ3n) is 5.26. The van der Waals surface area contributed by atoms with E-state index in [0.29, 0.717) is 24.3 Å². The van der Waals surface area contributed by atoms with E-state index in [1.54, 1.807) is 24.3 Å². The summed E-state index contributed by atoms with van der Waals surface area (Å²) in [7, 11) is 1.25. The number of aliphatic hydroxyl groups excluding tert-OH is 1. The van der Waals surface area contributed by atoms with Crippen molar-refractivity contribution in [2.75, 3.05) is 45.2 Å². The van der Waals surface area contributed by atoms with Crippen LogP contribution in [0.1, 0.15) is 36.0 Å². The number of ether oxygens (including phenoxy) is 1. The first-order chi connectivity index (χ1) is 14.1. The SMILES string of the molecule is COC(=O)C1=C(Nc2ccccc2C(=O)N2CCCCCC2)C(=O)N(CCO)C1. The molecule has 1 saturated heterocycles. The number of esters is 1. The quantitative estimate of drug-likeness (QED) is 0.699. The molecule has 0 spiro atoms. The van der Waals surface area contributed by atoms with E-state index in [4.69, 9.17) is 4.74 Å². The van der Waals surface area contributed by atoms with E-state index in [0.717, 1.165) is 25.7 Å². The Morgan fingerprint density at radius 1 is 1.14 bits per heavy atom. The van der Waals surface area contributed by atoms with Crippen LogP contribution in [0.25, 0.3) is 0 Å². The minimum absolute atomic E-state index is 0.0522. The van der Waals surface area contributed by atoms with Crippen LogP contribution >= 0.6 is 0 Å². The monoisotopic (exact) mass is 401 g/mol. The summed E-state index contributed by atoms with van der Waals surface area (Å²) in [5.74, 6) is -1.11. The van der Waals surface area contributed by atoms with E-state index in [1.165, 1.54) is 12.0 Å². The van der Waals surface area contributed by atoms with Gasteiger partial charge in [0.05, 0.1) is 37.1 Å². The van der Waals surface area contributed by atoms with Crippen molar-refractivity contribution in [3.05, 3.63) is 41.1 Å². The van der Waals surface area contributed by atoms with Crippen molar-refractivity contribution in [3.8, 4) is 0 Å². The van der Waals surface area contributed by atoms with Gasteiger partial charge in [0.2, 0.25) is 0 Å². The summed E-state index contributed by atoms with van der Waals surface area (Å²) in [5.41, 5.74) is 1.20. The lowest BCUT2D eigenvalue weighted by Gasteiger charge is -2.22. The molecule has 0 unspecified atom stereocenters. The molecular weight excluding hydrogens is 374 g/mol. The topological polar surface area (TPSA) is 99.2 Å². The molecule has 0 aliphatic carbocycles. The van der Waals surface area contributed by atoms with Crippen molar-refractivity contribution in [1.82, 2.24) is 9.80 Å². The standard InChI is InChI=1S/C21H27N3O5/c1-29-21(28)16-14-24(12-13-25)20(27)18(16)22-17-9-5-4-8-15(17)19(26)23-10-6-2-3-7-11-23/h4-5,8-9,22,25H,2-3,6-7,10-14H2,1H3. The minimum Gasteiger partial charge on any atom is -0.466 e. The summed E-state index contributed by atoms with van der Waals surface area (Å²) in [5, 5.41) is 12.2. The first kappa shape index (κ1) is 20.9. The summed E-state index contributed by atoms with van der Waals surface area (Å²) in [6, 6.07) is 6.99. The van der Waals surface area contributed by atoms with Crippen LogP contribution in [0.3, 0.4) is 0 Å². The van der Waals surface area contributed by atoms with Gasteiger partial charge in [-0.25, -0.2) is 4.79 Å². The Kier molecular flexibility index (Phi) is 6.87. The maximum absolute atomic E-state index is 13.1. The fraction of sp³-hybridized carbons (Fsp3) is 0.476. The van der Waals surface area contributed by atoms with E-state index >= 15 is 0 Å². The Bertz CT molecular complexity index is 812. The third kappa shape index (κ3) is 4.59. The zero-order valence-electron chi connectivity index (χ0n) is 16.6. The van der Waals surface area contributed by atoms with Crippen molar-refractivity contribution < 1.29 is 24.2 Å². The van der Waals surface area contributed by atoms with Gasteiger partial charge >= 0.3 is 5.97 Å². The molecule has 1 fully saturated rings. The van der Waals surface area contributed by atoms with Crippen LogP contribution in [0.2, 0.25) is 0 Å². The molecule has 2 aliphatic heterocycles. The van der Waals surface area contributed by atoms with Crippen LogP contribution in [0.4, 0.5) is 5.69 Å². The average Bonchev–Trinajstić information content (AvgIpc) is 2.93. The number of aliphatic hydroxyl groups is 1. The lowest BCUT2D eigenvalue weighted by molar-refractivity contribution is -0.136. The second-order valence-electron chi connectivity index (χ2n) is 7.17. The number of nitrogens with one attached hydrogen (secondary N) is 1. The highest BCUT2D eigenvalue weighted by atomic mass is 16.5. The van der Waals surface area contributed by atoms with Gasteiger partial charge in [-0.2, -0.15) is 0 Å². The van der Waals surface area contributed by atoms with Crippen molar-refractivity contribution in [2.45, 2.75) is 25.7 Å². The number of nitrogens with zero attached hydrogens (tertiary/aromatic N) is 2. The molecule has 0 aromatic heterocycles. The van der Waals surface area contributed by atoms with Crippen LogP contribution in [-0.2, 0) is 14.3 Å². The maximum atomic E-state index is 13.1. The molecule has 2 heterocycles. The maximum Gasteiger partial charge on any atom is 0.337 e. The predicted molar refractivity (Wildman–Crippen MR) is 107 cm³/mol. The number of para-hydroxylation sites is 1. The number of hydrogen-bond acceptors (Lipinski definition) is 6. The second kappa shape index (κ2) is 9.56. The van der Waals surface area contributed by atoms with E-state index in [-0.39, 0.29) is 36.9 Å². The summed E-state index contributed by atoms with van der Waals surface area (Å²) < 4.78 is 4.81. The zero-order valence-corrected chi connectivity index (χ0v) is 16.6. The number of carbonyl (C=O) groups is 3. The van der Waals surface area contributed by atoms with Crippen LogP contribution in [0.5, 0.6) is 0 Å². The van der Waals surface area contributed by atoms with Gasteiger partial charge in [-0.15, -0.1) is 0 Å². The fourth-order valence-corrected chi connectivity index (χ4v) is 3.71. The Morgan fingerprint density at radius 2 is 1.83 bits per heavy atom. The number of rotatable bonds is 6. The summed E-state index contributed by atoms with van der Waals surface area (Å²) >= 11 is 0. The zero-order chi connectivity index (χ0) is 20.8.